The Morgan fingerprint density at radius 2 is 2.29 bits per heavy atom. The highest BCUT2D eigenvalue weighted by Crippen LogP contribution is 2.34. The SMILES string of the molecule is CC[C@@H](N)c1c(Br)ccc(C#N)c1O. The van der Waals surface area contributed by atoms with Crippen molar-refractivity contribution < 1.29 is 5.11 Å². The standard InChI is InChI=1S/C10H11BrN2O/c1-2-8(13)9-7(11)4-3-6(5-12)10(9)14/h3-4,8,14H,2,13H2,1H3/t8-/m1/s1. The zero-order valence-electron chi connectivity index (χ0n) is 7.79. The van der Waals surface area contributed by atoms with Gasteiger partial charge in [-0.3, -0.25) is 0 Å². The Morgan fingerprint density at radius 3 is 2.79 bits per heavy atom. The van der Waals surface area contributed by atoms with Crippen LogP contribution in [0.2, 0.25) is 0 Å². The van der Waals surface area contributed by atoms with E-state index >= 15 is 0 Å². The van der Waals surface area contributed by atoms with Crippen molar-refractivity contribution in [2.24, 2.45) is 5.73 Å². The highest BCUT2D eigenvalue weighted by atomic mass is 79.9. The number of rotatable bonds is 2. The molecule has 4 heteroatoms. The number of halogens is 1. The van der Waals surface area contributed by atoms with Crippen molar-refractivity contribution in [3.8, 4) is 11.8 Å². The Morgan fingerprint density at radius 1 is 1.64 bits per heavy atom. The molecule has 1 atom stereocenters. The van der Waals surface area contributed by atoms with Crippen molar-refractivity contribution >= 4 is 15.9 Å². The fraction of sp³-hybridized carbons (Fsp3) is 0.300. The van der Waals surface area contributed by atoms with Gasteiger partial charge in [-0.25, -0.2) is 0 Å². The van der Waals surface area contributed by atoms with Gasteiger partial charge in [-0.15, -0.1) is 0 Å². The summed E-state index contributed by atoms with van der Waals surface area (Å²) < 4.78 is 0.739. The van der Waals surface area contributed by atoms with Gasteiger partial charge in [0.25, 0.3) is 0 Å². The van der Waals surface area contributed by atoms with Crippen LogP contribution in [0.3, 0.4) is 0 Å². The number of nitrogens with two attached hydrogens (primary N) is 1. The number of aromatic hydroxyl groups is 1. The third-order valence-corrected chi connectivity index (χ3v) is 2.79. The molecule has 0 saturated carbocycles. The molecule has 1 aromatic carbocycles. The smallest absolute Gasteiger partial charge is 0.139 e. The molecule has 0 amide bonds. The largest absolute Gasteiger partial charge is 0.506 e. The maximum absolute atomic E-state index is 9.74. The molecule has 0 bridgehead atoms. The summed E-state index contributed by atoms with van der Waals surface area (Å²) in [7, 11) is 0. The summed E-state index contributed by atoms with van der Waals surface area (Å²) in [5.41, 5.74) is 6.68. The molecule has 0 spiro atoms. The quantitative estimate of drug-likeness (QED) is 0.852. The van der Waals surface area contributed by atoms with Gasteiger partial charge in [0.15, 0.2) is 0 Å². The minimum Gasteiger partial charge on any atom is -0.506 e. The second-order valence-electron chi connectivity index (χ2n) is 2.98. The maximum atomic E-state index is 9.74. The van der Waals surface area contributed by atoms with Gasteiger partial charge in [0.05, 0.1) is 5.56 Å². The minimum atomic E-state index is -0.252. The molecule has 74 valence electrons. The van der Waals surface area contributed by atoms with Crippen molar-refractivity contribution in [1.29, 1.82) is 5.26 Å². The Labute approximate surface area is 91.3 Å². The van der Waals surface area contributed by atoms with Gasteiger partial charge in [0, 0.05) is 16.1 Å². The molecule has 0 radical (unpaired) electrons. The van der Waals surface area contributed by atoms with E-state index in [4.69, 9.17) is 11.0 Å². The van der Waals surface area contributed by atoms with Crippen LogP contribution in [0.25, 0.3) is 0 Å². The number of hydrogen-bond acceptors (Lipinski definition) is 3. The second-order valence-corrected chi connectivity index (χ2v) is 3.84. The van der Waals surface area contributed by atoms with Crippen LogP contribution in [0, 0.1) is 11.3 Å². The summed E-state index contributed by atoms with van der Waals surface area (Å²) in [5, 5.41) is 18.5. The Kier molecular flexibility index (Phi) is 3.50. The van der Waals surface area contributed by atoms with Gasteiger partial charge >= 0.3 is 0 Å². The summed E-state index contributed by atoms with van der Waals surface area (Å²) in [6.45, 7) is 1.93. The summed E-state index contributed by atoms with van der Waals surface area (Å²) in [6.07, 6.45) is 0.709. The first-order valence-corrected chi connectivity index (χ1v) is 5.08. The zero-order chi connectivity index (χ0) is 10.7. The first-order valence-electron chi connectivity index (χ1n) is 4.28. The second kappa shape index (κ2) is 4.45. The molecule has 0 aliphatic carbocycles. The third kappa shape index (κ3) is 1.89. The normalized spacial score (nSPS) is 12.1. The fourth-order valence-corrected chi connectivity index (χ4v) is 1.84. The van der Waals surface area contributed by atoms with Crippen molar-refractivity contribution in [1.82, 2.24) is 0 Å². The van der Waals surface area contributed by atoms with Crippen molar-refractivity contribution in [2.45, 2.75) is 19.4 Å². The van der Waals surface area contributed by atoms with E-state index in [1.54, 1.807) is 12.1 Å². The van der Waals surface area contributed by atoms with Gasteiger partial charge in [0.1, 0.15) is 11.8 Å². The van der Waals surface area contributed by atoms with E-state index in [1.807, 2.05) is 13.0 Å². The van der Waals surface area contributed by atoms with E-state index in [-0.39, 0.29) is 17.4 Å². The van der Waals surface area contributed by atoms with Crippen molar-refractivity contribution in [3.05, 3.63) is 27.7 Å². The highest BCUT2D eigenvalue weighted by molar-refractivity contribution is 9.10. The molecule has 3 N–H and O–H groups in total. The Bertz CT molecular complexity index is 384. The molecule has 0 unspecified atom stereocenters. The van der Waals surface area contributed by atoms with Gasteiger partial charge < -0.3 is 10.8 Å². The summed E-state index contributed by atoms with van der Waals surface area (Å²) >= 11 is 3.30. The lowest BCUT2D eigenvalue weighted by molar-refractivity contribution is 0.457. The van der Waals surface area contributed by atoms with E-state index in [9.17, 15) is 5.11 Å². The monoisotopic (exact) mass is 254 g/mol. The topological polar surface area (TPSA) is 70.0 Å². The molecule has 0 saturated heterocycles. The average Bonchev–Trinajstić information content (AvgIpc) is 2.18. The van der Waals surface area contributed by atoms with Gasteiger partial charge in [-0.05, 0) is 18.6 Å². The van der Waals surface area contributed by atoms with Crippen molar-refractivity contribution in [3.63, 3.8) is 0 Å². The number of benzene rings is 1. The Hall–Kier alpha value is -1.05. The average molecular weight is 255 g/mol. The van der Waals surface area contributed by atoms with Crippen molar-refractivity contribution in [2.75, 3.05) is 0 Å². The van der Waals surface area contributed by atoms with Gasteiger partial charge in [-0.2, -0.15) is 5.26 Å². The van der Waals surface area contributed by atoms with Gasteiger partial charge in [0.2, 0.25) is 0 Å². The van der Waals surface area contributed by atoms with Crippen LogP contribution in [0.1, 0.15) is 30.5 Å². The molecule has 3 nitrogen and oxygen atoms in total. The number of nitriles is 1. The molecule has 0 aromatic heterocycles. The molecular formula is C10H11BrN2O. The van der Waals surface area contributed by atoms with E-state index in [0.717, 1.165) is 4.47 Å². The zero-order valence-corrected chi connectivity index (χ0v) is 9.37. The van der Waals surface area contributed by atoms with Crippen LogP contribution < -0.4 is 5.73 Å². The maximum Gasteiger partial charge on any atom is 0.139 e. The first kappa shape index (κ1) is 11.0. The predicted molar refractivity (Wildman–Crippen MR) is 57.7 cm³/mol. The lowest BCUT2D eigenvalue weighted by atomic mass is 10.0. The van der Waals surface area contributed by atoms with E-state index < -0.39 is 0 Å². The first-order chi connectivity index (χ1) is 6.61. The van der Waals surface area contributed by atoms with Crippen LogP contribution in [0.4, 0.5) is 0 Å². The molecule has 0 aliphatic rings. The summed E-state index contributed by atoms with van der Waals surface area (Å²) in [5.74, 6) is -0.0174. The minimum absolute atomic E-state index is 0.0174. The van der Waals surface area contributed by atoms with Crippen LogP contribution in [-0.2, 0) is 0 Å². The lowest BCUT2D eigenvalue weighted by Crippen LogP contribution is -2.10. The van der Waals surface area contributed by atoms with E-state index in [0.29, 0.717) is 12.0 Å². The van der Waals surface area contributed by atoms with Gasteiger partial charge in [-0.1, -0.05) is 22.9 Å². The highest BCUT2D eigenvalue weighted by Gasteiger charge is 2.15. The molecule has 1 rings (SSSR count). The molecule has 0 heterocycles. The molecule has 1 aromatic rings. The van der Waals surface area contributed by atoms with E-state index in [2.05, 4.69) is 15.9 Å². The van der Waals surface area contributed by atoms with Crippen LogP contribution in [0.5, 0.6) is 5.75 Å². The lowest BCUT2D eigenvalue weighted by Gasteiger charge is -2.14. The summed E-state index contributed by atoms with van der Waals surface area (Å²) in [4.78, 5) is 0. The van der Waals surface area contributed by atoms with E-state index in [1.165, 1.54) is 0 Å². The fourth-order valence-electron chi connectivity index (χ4n) is 1.23. The number of hydrogen-bond donors (Lipinski definition) is 2. The van der Waals surface area contributed by atoms with Crippen LogP contribution in [0.15, 0.2) is 16.6 Å². The molecular weight excluding hydrogens is 244 g/mol. The Balaban J connectivity index is 3.34. The van der Waals surface area contributed by atoms with Crippen LogP contribution in [-0.4, -0.2) is 5.11 Å². The number of phenolic OH excluding ortho intramolecular Hbond substituents is 1. The number of nitrogens with zero attached hydrogens (tertiary/aromatic N) is 1. The molecule has 14 heavy (non-hydrogen) atoms. The molecule has 0 fully saturated rings. The van der Waals surface area contributed by atoms with Crippen LogP contribution >= 0.6 is 15.9 Å². The summed E-state index contributed by atoms with van der Waals surface area (Å²) in [6, 6.07) is 4.95. The third-order valence-electron chi connectivity index (χ3n) is 2.09. The molecule has 0 aliphatic heterocycles. The predicted octanol–water partition coefficient (Wildman–Crippen LogP) is 2.44. The number of phenols is 1.